The highest BCUT2D eigenvalue weighted by Gasteiger charge is 2.14. The lowest BCUT2D eigenvalue weighted by molar-refractivity contribution is 0.526. The fourth-order valence-electron chi connectivity index (χ4n) is 1.31. The van der Waals surface area contributed by atoms with Crippen LogP contribution < -0.4 is 0 Å². The SMILES string of the molecule is CC(C)c1cnn(C(C)C)c1C#N. The van der Waals surface area contributed by atoms with Gasteiger partial charge in [-0.2, -0.15) is 10.4 Å². The molecule has 0 aliphatic carbocycles. The van der Waals surface area contributed by atoms with Crippen LogP contribution in [0.15, 0.2) is 6.20 Å². The van der Waals surface area contributed by atoms with Crippen LogP contribution >= 0.6 is 0 Å². The van der Waals surface area contributed by atoms with Crippen molar-refractivity contribution >= 4 is 0 Å². The molecule has 0 bridgehead atoms. The average Bonchev–Trinajstić information content (AvgIpc) is 2.46. The Hall–Kier alpha value is -1.30. The van der Waals surface area contributed by atoms with Crippen LogP contribution in [0.4, 0.5) is 0 Å². The van der Waals surface area contributed by atoms with E-state index in [1.165, 1.54) is 0 Å². The van der Waals surface area contributed by atoms with Crippen LogP contribution in [-0.4, -0.2) is 9.78 Å². The van der Waals surface area contributed by atoms with Gasteiger partial charge >= 0.3 is 0 Å². The Balaban J connectivity index is 3.21. The minimum Gasteiger partial charge on any atom is -0.252 e. The van der Waals surface area contributed by atoms with Crippen molar-refractivity contribution in [2.75, 3.05) is 0 Å². The van der Waals surface area contributed by atoms with Gasteiger partial charge < -0.3 is 0 Å². The summed E-state index contributed by atoms with van der Waals surface area (Å²) < 4.78 is 1.77. The first-order valence-corrected chi connectivity index (χ1v) is 4.55. The number of nitriles is 1. The summed E-state index contributed by atoms with van der Waals surface area (Å²) in [5.74, 6) is 0.363. The minimum absolute atomic E-state index is 0.252. The smallest absolute Gasteiger partial charge is 0.142 e. The Bertz CT molecular complexity index is 303. The minimum atomic E-state index is 0.252. The molecule has 0 aromatic carbocycles. The summed E-state index contributed by atoms with van der Waals surface area (Å²) in [6.45, 7) is 8.20. The van der Waals surface area contributed by atoms with Crippen molar-refractivity contribution in [2.45, 2.75) is 39.7 Å². The van der Waals surface area contributed by atoms with Gasteiger partial charge in [-0.25, -0.2) is 0 Å². The summed E-state index contributed by atoms with van der Waals surface area (Å²) in [5, 5.41) is 13.2. The number of nitrogens with zero attached hydrogens (tertiary/aromatic N) is 3. The molecular formula is C10H15N3. The van der Waals surface area contributed by atoms with Gasteiger partial charge in [0, 0.05) is 11.6 Å². The second kappa shape index (κ2) is 3.61. The van der Waals surface area contributed by atoms with Crippen molar-refractivity contribution in [2.24, 2.45) is 0 Å². The molecule has 0 fully saturated rings. The van der Waals surface area contributed by atoms with E-state index in [-0.39, 0.29) is 6.04 Å². The van der Waals surface area contributed by atoms with Crippen LogP contribution in [0.2, 0.25) is 0 Å². The van der Waals surface area contributed by atoms with E-state index in [2.05, 4.69) is 25.0 Å². The molecular weight excluding hydrogens is 162 g/mol. The zero-order valence-corrected chi connectivity index (χ0v) is 8.57. The van der Waals surface area contributed by atoms with Crippen molar-refractivity contribution < 1.29 is 0 Å². The Morgan fingerprint density at radius 2 is 2.00 bits per heavy atom. The van der Waals surface area contributed by atoms with Crippen LogP contribution in [0.5, 0.6) is 0 Å². The van der Waals surface area contributed by atoms with Gasteiger partial charge in [0.2, 0.25) is 0 Å². The van der Waals surface area contributed by atoms with Crippen molar-refractivity contribution in [1.82, 2.24) is 9.78 Å². The summed E-state index contributed by atoms with van der Waals surface area (Å²) in [5.41, 5.74) is 1.74. The molecule has 0 amide bonds. The van der Waals surface area contributed by atoms with Crippen molar-refractivity contribution in [3.8, 4) is 6.07 Å². The van der Waals surface area contributed by atoms with Crippen LogP contribution in [0.25, 0.3) is 0 Å². The number of aromatic nitrogens is 2. The second-order valence-electron chi connectivity index (χ2n) is 3.75. The zero-order valence-electron chi connectivity index (χ0n) is 8.57. The second-order valence-corrected chi connectivity index (χ2v) is 3.75. The zero-order chi connectivity index (χ0) is 10.0. The maximum absolute atomic E-state index is 8.98. The highest BCUT2D eigenvalue weighted by molar-refractivity contribution is 5.32. The maximum Gasteiger partial charge on any atom is 0.142 e. The van der Waals surface area contributed by atoms with E-state index in [0.29, 0.717) is 11.6 Å². The lowest BCUT2D eigenvalue weighted by Crippen LogP contribution is -2.06. The Morgan fingerprint density at radius 1 is 1.38 bits per heavy atom. The van der Waals surface area contributed by atoms with Crippen molar-refractivity contribution in [3.05, 3.63) is 17.5 Å². The molecule has 0 saturated carbocycles. The van der Waals surface area contributed by atoms with E-state index in [1.807, 2.05) is 13.8 Å². The van der Waals surface area contributed by atoms with Crippen molar-refractivity contribution in [3.63, 3.8) is 0 Å². The summed E-state index contributed by atoms with van der Waals surface area (Å²) in [7, 11) is 0. The van der Waals surface area contributed by atoms with E-state index in [4.69, 9.17) is 5.26 Å². The van der Waals surface area contributed by atoms with E-state index >= 15 is 0 Å². The van der Waals surface area contributed by atoms with E-state index in [0.717, 1.165) is 5.56 Å². The third-order valence-electron chi connectivity index (χ3n) is 2.04. The van der Waals surface area contributed by atoms with Gasteiger partial charge in [-0.05, 0) is 19.8 Å². The number of hydrogen-bond donors (Lipinski definition) is 0. The lowest BCUT2D eigenvalue weighted by Gasteiger charge is -2.07. The monoisotopic (exact) mass is 177 g/mol. The van der Waals surface area contributed by atoms with Crippen LogP contribution in [-0.2, 0) is 0 Å². The summed E-state index contributed by atoms with van der Waals surface area (Å²) in [6.07, 6.45) is 1.79. The molecule has 1 aromatic rings. The molecule has 1 heterocycles. The molecule has 0 aliphatic rings. The molecule has 1 rings (SSSR count). The maximum atomic E-state index is 8.98. The summed E-state index contributed by atoms with van der Waals surface area (Å²) in [4.78, 5) is 0. The molecule has 0 aliphatic heterocycles. The van der Waals surface area contributed by atoms with Crippen molar-refractivity contribution in [1.29, 1.82) is 5.26 Å². The van der Waals surface area contributed by atoms with Gasteiger partial charge in [-0.15, -0.1) is 0 Å². The van der Waals surface area contributed by atoms with Gasteiger partial charge in [0.25, 0.3) is 0 Å². The molecule has 0 spiro atoms. The summed E-state index contributed by atoms with van der Waals surface area (Å²) >= 11 is 0. The van der Waals surface area contributed by atoms with Crippen LogP contribution in [0.1, 0.15) is 50.9 Å². The fourth-order valence-corrected chi connectivity index (χ4v) is 1.31. The van der Waals surface area contributed by atoms with Gasteiger partial charge in [0.1, 0.15) is 11.8 Å². The highest BCUT2D eigenvalue weighted by atomic mass is 15.3. The Morgan fingerprint density at radius 3 is 2.38 bits per heavy atom. The Kier molecular flexibility index (Phi) is 2.72. The van der Waals surface area contributed by atoms with E-state index in [9.17, 15) is 0 Å². The first kappa shape index (κ1) is 9.79. The molecule has 0 unspecified atom stereocenters. The standard InChI is InChI=1S/C10H15N3/c1-7(2)9-6-12-13(8(3)4)10(9)5-11/h6-8H,1-4H3. The van der Waals surface area contributed by atoms with E-state index in [1.54, 1.807) is 10.9 Å². The average molecular weight is 177 g/mol. The number of hydrogen-bond acceptors (Lipinski definition) is 2. The first-order valence-electron chi connectivity index (χ1n) is 4.55. The summed E-state index contributed by atoms with van der Waals surface area (Å²) in [6, 6.07) is 2.46. The third kappa shape index (κ3) is 1.72. The van der Waals surface area contributed by atoms with Gasteiger partial charge in [0.05, 0.1) is 6.20 Å². The van der Waals surface area contributed by atoms with Crippen LogP contribution in [0, 0.1) is 11.3 Å². The fraction of sp³-hybridized carbons (Fsp3) is 0.600. The van der Waals surface area contributed by atoms with Gasteiger partial charge in [0.15, 0.2) is 0 Å². The third-order valence-corrected chi connectivity index (χ3v) is 2.04. The van der Waals surface area contributed by atoms with E-state index < -0.39 is 0 Å². The molecule has 0 atom stereocenters. The van der Waals surface area contributed by atoms with Crippen LogP contribution in [0.3, 0.4) is 0 Å². The largest absolute Gasteiger partial charge is 0.252 e. The molecule has 0 saturated heterocycles. The molecule has 1 aromatic heterocycles. The van der Waals surface area contributed by atoms with Gasteiger partial charge in [-0.1, -0.05) is 13.8 Å². The van der Waals surface area contributed by atoms with Gasteiger partial charge in [-0.3, -0.25) is 4.68 Å². The first-order chi connectivity index (χ1) is 6.07. The molecule has 70 valence electrons. The predicted octanol–water partition coefficient (Wildman–Crippen LogP) is 2.46. The Labute approximate surface area is 79.0 Å². The highest BCUT2D eigenvalue weighted by Crippen LogP contribution is 2.20. The normalized spacial score (nSPS) is 10.8. The molecule has 13 heavy (non-hydrogen) atoms. The molecule has 0 N–H and O–H groups in total. The molecule has 3 nitrogen and oxygen atoms in total. The topological polar surface area (TPSA) is 41.6 Å². The molecule has 3 heteroatoms. The molecule has 0 radical (unpaired) electrons. The predicted molar refractivity (Wildman–Crippen MR) is 51.4 cm³/mol. The number of rotatable bonds is 2. The quantitative estimate of drug-likeness (QED) is 0.696. The lowest BCUT2D eigenvalue weighted by atomic mass is 10.0.